The number of carbonyl (C=O) groups excluding carboxylic acids is 1. The highest BCUT2D eigenvalue weighted by Crippen LogP contribution is 2.47. The molecular formula is C41H52F3N2O2S2+. The van der Waals surface area contributed by atoms with Gasteiger partial charge in [0.25, 0.3) is 5.01 Å². The van der Waals surface area contributed by atoms with Crippen LogP contribution in [0.1, 0.15) is 127 Å². The van der Waals surface area contributed by atoms with Crippen LogP contribution in [-0.4, -0.2) is 17.4 Å². The molecule has 3 aromatic rings. The van der Waals surface area contributed by atoms with E-state index in [1.165, 1.54) is 87.7 Å². The highest BCUT2D eigenvalue weighted by atomic mass is 32.2. The van der Waals surface area contributed by atoms with E-state index in [2.05, 4.69) is 30.9 Å². The number of unbranched alkanes of at least 4 members (excludes halogenated alkanes) is 14. The van der Waals surface area contributed by atoms with Crippen LogP contribution in [0.2, 0.25) is 0 Å². The maximum absolute atomic E-state index is 13.7. The summed E-state index contributed by atoms with van der Waals surface area (Å²) in [5.41, 5.74) is 1.44. The largest absolute Gasteiger partial charge is 0.506 e. The fourth-order valence-electron chi connectivity index (χ4n) is 6.77. The number of para-hydroxylation sites is 1. The third kappa shape index (κ3) is 9.64. The summed E-state index contributed by atoms with van der Waals surface area (Å²) in [6.07, 6.45) is 17.9. The van der Waals surface area contributed by atoms with Gasteiger partial charge in [0.2, 0.25) is 11.3 Å². The fraction of sp³-hybridized carbons (Fsp3) is 0.512. The van der Waals surface area contributed by atoms with Crippen molar-refractivity contribution in [1.82, 2.24) is 0 Å². The standard InChI is InChI=1S/C41H51F3N2O2S2/c1-3-5-7-9-11-13-15-19-25-45-33-21-17-18-22-35(33)49-37(45)28-31-39(47)32(40(31)48)29-38-46(26-20-16-14-12-10-8-6-4-2)34-27-30(41(42,43)44)23-24-36(34)50-38/h17-18,21-24,27-29H,3-16,19-20,25-26H2,1-2H3/p+1. The molecule has 5 rings (SSSR count). The number of allylic oxidation sites excluding steroid dienone is 3. The number of halogens is 3. The second-order valence-electron chi connectivity index (χ2n) is 13.6. The summed E-state index contributed by atoms with van der Waals surface area (Å²) in [7, 11) is 0. The van der Waals surface area contributed by atoms with Gasteiger partial charge in [-0.2, -0.15) is 17.7 Å². The van der Waals surface area contributed by atoms with Crippen molar-refractivity contribution in [2.45, 2.75) is 134 Å². The second-order valence-corrected chi connectivity index (χ2v) is 15.7. The Bertz CT molecular complexity index is 1710. The first kappa shape index (κ1) is 38.2. The molecule has 0 atom stereocenters. The van der Waals surface area contributed by atoms with Gasteiger partial charge in [0.05, 0.1) is 27.4 Å². The number of ketones is 1. The molecule has 4 nitrogen and oxygen atoms in total. The number of benzene rings is 2. The van der Waals surface area contributed by atoms with Crippen LogP contribution in [0.4, 0.5) is 18.9 Å². The van der Waals surface area contributed by atoms with Gasteiger partial charge >= 0.3 is 6.18 Å². The van der Waals surface area contributed by atoms with Gasteiger partial charge in [-0.15, -0.1) is 0 Å². The van der Waals surface area contributed by atoms with E-state index in [0.717, 1.165) is 71.4 Å². The van der Waals surface area contributed by atoms with Crippen molar-refractivity contribution in [3.63, 3.8) is 0 Å². The van der Waals surface area contributed by atoms with Crippen LogP contribution in [-0.2, 0) is 17.5 Å². The van der Waals surface area contributed by atoms with Gasteiger partial charge in [-0.05, 0) is 43.2 Å². The maximum atomic E-state index is 13.7. The maximum Gasteiger partial charge on any atom is 0.416 e. The lowest BCUT2D eigenvalue weighted by atomic mass is 9.88. The van der Waals surface area contributed by atoms with E-state index in [1.807, 2.05) is 16.7 Å². The number of aliphatic hydroxyl groups is 1. The number of rotatable bonds is 20. The van der Waals surface area contributed by atoms with Crippen molar-refractivity contribution >= 4 is 50.9 Å². The number of thioether (sulfide) groups is 1. The molecule has 0 amide bonds. The molecule has 0 saturated carbocycles. The molecule has 0 fully saturated rings. The number of alkyl halides is 3. The zero-order valence-corrected chi connectivity index (χ0v) is 31.3. The third-order valence-electron chi connectivity index (χ3n) is 9.70. The van der Waals surface area contributed by atoms with Crippen molar-refractivity contribution in [2.24, 2.45) is 0 Å². The zero-order valence-electron chi connectivity index (χ0n) is 29.6. The van der Waals surface area contributed by atoms with E-state index >= 15 is 0 Å². The Hall–Kier alpha value is -3.04. The molecule has 9 heteroatoms. The Morgan fingerprint density at radius 3 is 2.06 bits per heavy atom. The van der Waals surface area contributed by atoms with Crippen LogP contribution in [0.15, 0.2) is 75.4 Å². The minimum absolute atomic E-state index is 0.0573. The van der Waals surface area contributed by atoms with Gasteiger partial charge in [0.15, 0.2) is 6.54 Å². The molecule has 0 bridgehead atoms. The number of Topliss-reactive ketones (excluding diaryl/α,β-unsaturated/α-hetero) is 1. The average Bonchev–Trinajstić information content (AvgIpc) is 3.64. The molecule has 1 N–H and O–H groups in total. The van der Waals surface area contributed by atoms with E-state index in [0.29, 0.717) is 17.1 Å². The highest BCUT2D eigenvalue weighted by Gasteiger charge is 2.37. The quantitative estimate of drug-likeness (QED) is 0.0715. The summed E-state index contributed by atoms with van der Waals surface area (Å²) in [4.78, 5) is 16.9. The van der Waals surface area contributed by atoms with Gasteiger partial charge < -0.3 is 10.0 Å². The van der Waals surface area contributed by atoms with E-state index < -0.39 is 11.7 Å². The molecular weight excluding hydrogens is 674 g/mol. The molecule has 0 saturated heterocycles. The molecule has 0 spiro atoms. The highest BCUT2D eigenvalue weighted by molar-refractivity contribution is 8.03. The summed E-state index contributed by atoms with van der Waals surface area (Å²) < 4.78 is 43.6. The number of thiazole rings is 1. The number of hydrogen-bond acceptors (Lipinski definition) is 5. The molecule has 2 heterocycles. The molecule has 2 aliphatic rings. The predicted octanol–water partition coefficient (Wildman–Crippen LogP) is 12.7. The normalized spacial score (nSPS) is 16.3. The number of aliphatic hydroxyl groups excluding tert-OH is 1. The topological polar surface area (TPSA) is 44.4 Å². The number of aryl methyl sites for hydroxylation is 1. The van der Waals surface area contributed by atoms with Crippen LogP contribution in [0.3, 0.4) is 0 Å². The fourth-order valence-corrected chi connectivity index (χ4v) is 9.01. The zero-order chi connectivity index (χ0) is 35.5. The number of anilines is 1. The number of aromatic nitrogens is 1. The molecule has 0 unspecified atom stereocenters. The Morgan fingerprint density at radius 2 is 1.42 bits per heavy atom. The lowest BCUT2D eigenvalue weighted by Crippen LogP contribution is -2.36. The molecule has 270 valence electrons. The number of fused-ring (bicyclic) bond motifs is 2. The SMILES string of the molecule is CCCCCCCCCCN1/C(=C\C2=C(O)C(=C\c3sc4ccc(C(F)(F)F)cc4[n+]3CCCCCCCCCC)/C2=O)Sc2ccccc21. The van der Waals surface area contributed by atoms with Crippen LogP contribution in [0, 0.1) is 0 Å². The van der Waals surface area contributed by atoms with Gasteiger partial charge in [-0.3, -0.25) is 4.79 Å². The molecule has 1 aromatic heterocycles. The van der Waals surface area contributed by atoms with Crippen LogP contribution in [0.25, 0.3) is 16.3 Å². The summed E-state index contributed by atoms with van der Waals surface area (Å²) in [6.45, 7) is 5.83. The monoisotopic (exact) mass is 725 g/mol. The lowest BCUT2D eigenvalue weighted by Gasteiger charge is -2.23. The average molecular weight is 726 g/mol. The molecule has 0 radical (unpaired) electrons. The van der Waals surface area contributed by atoms with Crippen molar-refractivity contribution in [3.05, 3.63) is 81.0 Å². The van der Waals surface area contributed by atoms with Crippen molar-refractivity contribution in [3.8, 4) is 0 Å². The molecule has 1 aliphatic carbocycles. The Kier molecular flexibility index (Phi) is 14.1. The van der Waals surface area contributed by atoms with E-state index in [4.69, 9.17) is 0 Å². The van der Waals surface area contributed by atoms with Crippen molar-refractivity contribution < 1.29 is 27.6 Å². The van der Waals surface area contributed by atoms with Gasteiger partial charge in [-0.1, -0.05) is 133 Å². The summed E-state index contributed by atoms with van der Waals surface area (Å²) in [5.74, 6) is -0.302. The summed E-state index contributed by atoms with van der Waals surface area (Å²) >= 11 is 2.96. The minimum Gasteiger partial charge on any atom is -0.506 e. The van der Waals surface area contributed by atoms with E-state index in [1.54, 1.807) is 23.9 Å². The summed E-state index contributed by atoms with van der Waals surface area (Å²) in [6, 6.07) is 12.1. The first-order chi connectivity index (χ1) is 24.2. The molecule has 2 aromatic carbocycles. The first-order valence-electron chi connectivity index (χ1n) is 18.7. The van der Waals surface area contributed by atoms with Gasteiger partial charge in [0, 0.05) is 30.0 Å². The minimum atomic E-state index is -4.45. The van der Waals surface area contributed by atoms with Crippen LogP contribution >= 0.6 is 23.1 Å². The number of carbonyl (C=O) groups is 1. The third-order valence-corrected chi connectivity index (χ3v) is 11.9. The summed E-state index contributed by atoms with van der Waals surface area (Å²) in [5, 5.41) is 12.8. The molecule has 1 aliphatic heterocycles. The number of hydrogen-bond donors (Lipinski definition) is 1. The Morgan fingerprint density at radius 1 is 0.800 bits per heavy atom. The second kappa shape index (κ2) is 18.5. The van der Waals surface area contributed by atoms with Gasteiger partial charge in [0.1, 0.15) is 10.5 Å². The lowest BCUT2D eigenvalue weighted by molar-refractivity contribution is -0.669. The van der Waals surface area contributed by atoms with Crippen LogP contribution in [0.5, 0.6) is 0 Å². The van der Waals surface area contributed by atoms with Crippen molar-refractivity contribution in [2.75, 3.05) is 11.4 Å². The Labute approximate surface area is 304 Å². The number of nitrogens with zero attached hydrogens (tertiary/aromatic N) is 2. The van der Waals surface area contributed by atoms with E-state index in [-0.39, 0.29) is 22.7 Å². The van der Waals surface area contributed by atoms with Crippen LogP contribution < -0.4 is 9.47 Å². The first-order valence-corrected chi connectivity index (χ1v) is 20.4. The van der Waals surface area contributed by atoms with Gasteiger partial charge in [-0.25, -0.2) is 0 Å². The predicted molar refractivity (Wildman–Crippen MR) is 203 cm³/mol. The van der Waals surface area contributed by atoms with E-state index in [9.17, 15) is 23.1 Å². The smallest absolute Gasteiger partial charge is 0.416 e. The van der Waals surface area contributed by atoms with Crippen molar-refractivity contribution in [1.29, 1.82) is 0 Å². The Balaban J connectivity index is 1.33. The molecule has 50 heavy (non-hydrogen) atoms.